The Balaban J connectivity index is 1.87. The minimum atomic E-state index is 0.450. The molecule has 2 unspecified atom stereocenters. The van der Waals surface area contributed by atoms with Crippen molar-refractivity contribution >= 4 is 11.8 Å². The zero-order valence-corrected chi connectivity index (χ0v) is 12.5. The van der Waals surface area contributed by atoms with E-state index in [4.69, 9.17) is 4.98 Å². The molecule has 1 aliphatic carbocycles. The first kappa shape index (κ1) is 13.4. The lowest BCUT2D eigenvalue weighted by atomic mass is 10.1. The second-order valence-corrected chi connectivity index (χ2v) is 6.88. The molecule has 1 aromatic heterocycles. The summed E-state index contributed by atoms with van der Waals surface area (Å²) in [6, 6.07) is 0.450. The van der Waals surface area contributed by atoms with Crippen LogP contribution in [0.2, 0.25) is 0 Å². The number of fused-ring (bicyclic) bond motifs is 1. The largest absolute Gasteiger partial charge is 0.313 e. The molecule has 104 valence electrons. The summed E-state index contributed by atoms with van der Waals surface area (Å²) in [5.41, 5.74) is 2.64. The van der Waals surface area contributed by atoms with E-state index in [1.165, 1.54) is 55.5 Å². The van der Waals surface area contributed by atoms with Crippen LogP contribution in [-0.4, -0.2) is 22.8 Å². The lowest BCUT2D eigenvalue weighted by molar-refractivity contribution is 0.531. The normalized spacial score (nSPS) is 27.6. The minimum Gasteiger partial charge on any atom is -0.313 e. The van der Waals surface area contributed by atoms with E-state index in [9.17, 15) is 0 Å². The molecule has 0 amide bonds. The van der Waals surface area contributed by atoms with E-state index in [-0.39, 0.29) is 0 Å². The highest BCUT2D eigenvalue weighted by Crippen LogP contribution is 2.37. The molecule has 1 N–H and O–H groups in total. The molecule has 0 radical (unpaired) electrons. The van der Waals surface area contributed by atoms with E-state index in [0.717, 1.165) is 12.2 Å². The quantitative estimate of drug-likeness (QED) is 0.841. The number of rotatable bonds is 2. The molecule has 0 spiro atoms. The minimum absolute atomic E-state index is 0.450. The molecule has 2 heterocycles. The van der Waals surface area contributed by atoms with E-state index in [2.05, 4.69) is 16.5 Å². The molecule has 2 atom stereocenters. The summed E-state index contributed by atoms with van der Waals surface area (Å²) in [6.45, 7) is 0. The Morgan fingerprint density at radius 1 is 1.21 bits per heavy atom. The third-order valence-electron chi connectivity index (χ3n) is 4.27. The average Bonchev–Trinajstić information content (AvgIpc) is 2.69. The van der Waals surface area contributed by atoms with Crippen molar-refractivity contribution in [2.24, 2.45) is 0 Å². The third kappa shape index (κ3) is 2.95. The molecule has 1 fully saturated rings. The Bertz CT molecular complexity index is 429. The van der Waals surface area contributed by atoms with Crippen molar-refractivity contribution in [2.45, 2.75) is 56.2 Å². The summed E-state index contributed by atoms with van der Waals surface area (Å²) in [4.78, 5) is 9.61. The molecule has 0 saturated carbocycles. The van der Waals surface area contributed by atoms with Crippen molar-refractivity contribution in [1.29, 1.82) is 0 Å². The van der Waals surface area contributed by atoms with E-state index >= 15 is 0 Å². The van der Waals surface area contributed by atoms with Gasteiger partial charge in [-0.1, -0.05) is 12.8 Å². The molecule has 19 heavy (non-hydrogen) atoms. The van der Waals surface area contributed by atoms with E-state index in [1.807, 2.05) is 18.8 Å². The molecule has 2 aliphatic rings. The lowest BCUT2D eigenvalue weighted by Gasteiger charge is -2.22. The molecule has 0 bridgehead atoms. The van der Waals surface area contributed by atoms with Crippen LogP contribution in [0.4, 0.5) is 0 Å². The predicted molar refractivity (Wildman–Crippen MR) is 80.4 cm³/mol. The highest BCUT2D eigenvalue weighted by atomic mass is 32.2. The van der Waals surface area contributed by atoms with Gasteiger partial charge in [0.15, 0.2) is 0 Å². The van der Waals surface area contributed by atoms with Gasteiger partial charge in [-0.3, -0.25) is 0 Å². The second-order valence-electron chi connectivity index (χ2n) is 5.57. The Morgan fingerprint density at radius 3 is 2.89 bits per heavy atom. The summed E-state index contributed by atoms with van der Waals surface area (Å²) in [6.07, 6.45) is 10.9. The van der Waals surface area contributed by atoms with Gasteiger partial charge in [-0.25, -0.2) is 9.97 Å². The highest BCUT2D eigenvalue weighted by molar-refractivity contribution is 7.99. The van der Waals surface area contributed by atoms with Crippen LogP contribution in [0.3, 0.4) is 0 Å². The number of thioether (sulfide) groups is 1. The molecule has 1 aliphatic heterocycles. The standard InChI is InChI=1S/C15H23N3S/c1-16-12-6-2-3-7-13-11(12)10-17-15(18-13)14-8-4-5-9-19-14/h10,12,14,16H,2-9H2,1H3. The summed E-state index contributed by atoms with van der Waals surface area (Å²) in [7, 11) is 2.05. The molecule has 1 saturated heterocycles. The Hall–Kier alpha value is -0.610. The van der Waals surface area contributed by atoms with Crippen LogP contribution in [-0.2, 0) is 6.42 Å². The van der Waals surface area contributed by atoms with Gasteiger partial charge in [-0.2, -0.15) is 11.8 Å². The topological polar surface area (TPSA) is 37.8 Å². The fraction of sp³-hybridized carbons (Fsp3) is 0.733. The molecule has 0 aromatic carbocycles. The first-order valence-corrected chi connectivity index (χ1v) is 8.58. The van der Waals surface area contributed by atoms with Crippen LogP contribution in [0.5, 0.6) is 0 Å². The summed E-state index contributed by atoms with van der Waals surface area (Å²) in [5.74, 6) is 2.35. The molecule has 3 rings (SSSR count). The van der Waals surface area contributed by atoms with Crippen molar-refractivity contribution in [2.75, 3.05) is 12.8 Å². The zero-order valence-electron chi connectivity index (χ0n) is 11.7. The van der Waals surface area contributed by atoms with Gasteiger partial charge in [0, 0.05) is 23.5 Å². The predicted octanol–water partition coefficient (Wildman–Crippen LogP) is 3.42. The van der Waals surface area contributed by atoms with E-state index < -0.39 is 0 Å². The van der Waals surface area contributed by atoms with Crippen molar-refractivity contribution < 1.29 is 0 Å². The lowest BCUT2D eigenvalue weighted by Crippen LogP contribution is -2.18. The molecule has 1 aromatic rings. The number of hydrogen-bond donors (Lipinski definition) is 1. The number of aromatic nitrogens is 2. The van der Waals surface area contributed by atoms with Gasteiger partial charge in [0.25, 0.3) is 0 Å². The molecular formula is C15H23N3S. The van der Waals surface area contributed by atoms with E-state index in [1.54, 1.807) is 0 Å². The first-order chi connectivity index (χ1) is 9.38. The summed E-state index contributed by atoms with van der Waals surface area (Å²) >= 11 is 2.04. The van der Waals surface area contributed by atoms with Crippen molar-refractivity contribution in [3.8, 4) is 0 Å². The number of aryl methyl sites for hydroxylation is 1. The second kappa shape index (κ2) is 6.23. The zero-order chi connectivity index (χ0) is 13.1. The maximum absolute atomic E-state index is 4.92. The molecule has 4 heteroatoms. The third-order valence-corrected chi connectivity index (χ3v) is 5.64. The molecule has 3 nitrogen and oxygen atoms in total. The smallest absolute Gasteiger partial charge is 0.141 e. The van der Waals surface area contributed by atoms with Crippen LogP contribution in [0, 0.1) is 0 Å². The van der Waals surface area contributed by atoms with Gasteiger partial charge in [-0.05, 0) is 44.9 Å². The van der Waals surface area contributed by atoms with E-state index in [0.29, 0.717) is 11.3 Å². The van der Waals surface area contributed by atoms with Crippen LogP contribution in [0.25, 0.3) is 0 Å². The van der Waals surface area contributed by atoms with Crippen molar-refractivity contribution in [1.82, 2.24) is 15.3 Å². The molecular weight excluding hydrogens is 254 g/mol. The van der Waals surface area contributed by atoms with Gasteiger partial charge in [0.05, 0.1) is 5.25 Å². The van der Waals surface area contributed by atoms with Crippen LogP contribution < -0.4 is 5.32 Å². The average molecular weight is 277 g/mol. The SMILES string of the molecule is CNC1CCCCc2nc(C3CCCCS3)ncc21. The Morgan fingerprint density at radius 2 is 2.11 bits per heavy atom. The Labute approximate surface area is 120 Å². The number of nitrogens with zero attached hydrogens (tertiary/aromatic N) is 2. The maximum Gasteiger partial charge on any atom is 0.141 e. The fourth-order valence-corrected chi connectivity index (χ4v) is 4.38. The van der Waals surface area contributed by atoms with Crippen LogP contribution >= 0.6 is 11.8 Å². The number of nitrogens with one attached hydrogen (secondary N) is 1. The van der Waals surface area contributed by atoms with Gasteiger partial charge in [0.2, 0.25) is 0 Å². The van der Waals surface area contributed by atoms with Gasteiger partial charge < -0.3 is 5.32 Å². The summed E-state index contributed by atoms with van der Waals surface area (Å²) in [5, 5.41) is 3.95. The first-order valence-electron chi connectivity index (χ1n) is 7.53. The van der Waals surface area contributed by atoms with Crippen molar-refractivity contribution in [3.05, 3.63) is 23.3 Å². The maximum atomic E-state index is 4.92. The highest BCUT2D eigenvalue weighted by Gasteiger charge is 2.23. The summed E-state index contributed by atoms with van der Waals surface area (Å²) < 4.78 is 0. The van der Waals surface area contributed by atoms with Crippen LogP contribution in [0.15, 0.2) is 6.20 Å². The van der Waals surface area contributed by atoms with Gasteiger partial charge in [0.1, 0.15) is 5.82 Å². The fourth-order valence-electron chi connectivity index (χ4n) is 3.13. The number of hydrogen-bond acceptors (Lipinski definition) is 4. The Kier molecular flexibility index (Phi) is 4.38. The van der Waals surface area contributed by atoms with Gasteiger partial charge >= 0.3 is 0 Å². The van der Waals surface area contributed by atoms with Gasteiger partial charge in [-0.15, -0.1) is 0 Å². The van der Waals surface area contributed by atoms with Crippen LogP contribution in [0.1, 0.15) is 66.9 Å². The van der Waals surface area contributed by atoms with Crippen molar-refractivity contribution in [3.63, 3.8) is 0 Å². The monoisotopic (exact) mass is 277 g/mol.